The maximum Gasteiger partial charge on any atom is 0.271 e. The van der Waals surface area contributed by atoms with E-state index in [1.807, 2.05) is 0 Å². The lowest BCUT2D eigenvalue weighted by atomic mass is 9.78. The topological polar surface area (TPSA) is 98.3 Å². The van der Waals surface area contributed by atoms with Gasteiger partial charge in [0.05, 0.1) is 4.92 Å². The Morgan fingerprint density at radius 1 is 1.47 bits per heavy atom. The normalized spacial score (nSPS) is 16.5. The summed E-state index contributed by atoms with van der Waals surface area (Å²) in [7, 11) is 0. The average Bonchev–Trinajstić information content (AvgIpc) is 2.32. The summed E-state index contributed by atoms with van der Waals surface area (Å²) in [5.74, 6) is -0.346. The molecule has 0 heterocycles. The smallest absolute Gasteiger partial charge is 0.271 e. The molecular formula is C12H14BrN3O3. The Labute approximate surface area is 118 Å². The van der Waals surface area contributed by atoms with Gasteiger partial charge >= 0.3 is 0 Å². The Morgan fingerprint density at radius 3 is 2.68 bits per heavy atom. The molecule has 6 nitrogen and oxygen atoms in total. The van der Waals surface area contributed by atoms with Crippen molar-refractivity contribution in [1.82, 2.24) is 5.32 Å². The van der Waals surface area contributed by atoms with Crippen LogP contribution in [-0.2, 0) is 0 Å². The van der Waals surface area contributed by atoms with Crippen LogP contribution in [0.15, 0.2) is 22.7 Å². The third kappa shape index (κ3) is 3.30. The second kappa shape index (κ2) is 5.26. The number of hydrogen-bond donors (Lipinski definition) is 2. The number of carbonyl (C=O) groups is 1. The first-order valence-electron chi connectivity index (χ1n) is 5.92. The van der Waals surface area contributed by atoms with E-state index in [9.17, 15) is 14.9 Å². The molecule has 102 valence electrons. The van der Waals surface area contributed by atoms with Gasteiger partial charge in [0.15, 0.2) is 0 Å². The molecule has 0 aliphatic heterocycles. The lowest BCUT2D eigenvalue weighted by molar-refractivity contribution is -0.385. The van der Waals surface area contributed by atoms with E-state index in [1.54, 1.807) is 6.07 Å². The van der Waals surface area contributed by atoms with Crippen LogP contribution in [0.5, 0.6) is 0 Å². The molecule has 0 radical (unpaired) electrons. The Bertz CT molecular complexity index is 529. The van der Waals surface area contributed by atoms with Crippen molar-refractivity contribution in [2.75, 3.05) is 6.54 Å². The fraction of sp³-hybridized carbons (Fsp3) is 0.417. The summed E-state index contributed by atoms with van der Waals surface area (Å²) in [5.41, 5.74) is 5.83. The van der Waals surface area contributed by atoms with E-state index in [2.05, 4.69) is 21.2 Å². The van der Waals surface area contributed by atoms with Crippen molar-refractivity contribution in [2.45, 2.75) is 24.8 Å². The van der Waals surface area contributed by atoms with E-state index < -0.39 is 4.92 Å². The predicted molar refractivity (Wildman–Crippen MR) is 73.9 cm³/mol. The first-order valence-corrected chi connectivity index (χ1v) is 6.71. The van der Waals surface area contributed by atoms with E-state index in [1.165, 1.54) is 12.1 Å². The quantitative estimate of drug-likeness (QED) is 0.652. The van der Waals surface area contributed by atoms with Crippen molar-refractivity contribution in [3.8, 4) is 0 Å². The second-order valence-corrected chi connectivity index (χ2v) is 5.77. The first-order chi connectivity index (χ1) is 8.89. The molecule has 1 fully saturated rings. The summed E-state index contributed by atoms with van der Waals surface area (Å²) in [6.45, 7) is 0.395. The molecule has 0 saturated heterocycles. The van der Waals surface area contributed by atoms with Gasteiger partial charge in [-0.3, -0.25) is 14.9 Å². The molecule has 0 bridgehead atoms. The Kier molecular flexibility index (Phi) is 3.86. The number of carbonyl (C=O) groups excluding carboxylic acids is 1. The van der Waals surface area contributed by atoms with E-state index >= 15 is 0 Å². The van der Waals surface area contributed by atoms with Crippen LogP contribution in [0.4, 0.5) is 5.69 Å². The molecule has 1 saturated carbocycles. The van der Waals surface area contributed by atoms with Crippen LogP contribution in [0.25, 0.3) is 0 Å². The number of amides is 1. The van der Waals surface area contributed by atoms with Crippen LogP contribution >= 0.6 is 15.9 Å². The highest BCUT2D eigenvalue weighted by Crippen LogP contribution is 2.28. The number of nitrogens with two attached hydrogens (primary N) is 1. The molecule has 0 atom stereocenters. The molecule has 0 aromatic heterocycles. The third-order valence-corrected chi connectivity index (χ3v) is 3.76. The van der Waals surface area contributed by atoms with Crippen LogP contribution < -0.4 is 11.1 Å². The summed E-state index contributed by atoms with van der Waals surface area (Å²) in [6.07, 6.45) is 2.87. The summed E-state index contributed by atoms with van der Waals surface area (Å²) < 4.78 is 0.498. The number of nitrogens with one attached hydrogen (secondary N) is 1. The summed E-state index contributed by atoms with van der Waals surface area (Å²) in [6, 6.07) is 4.16. The van der Waals surface area contributed by atoms with E-state index in [0.29, 0.717) is 11.0 Å². The zero-order chi connectivity index (χ0) is 14.0. The SMILES string of the molecule is NC1(CNC(=O)c2cc(Br)cc([N+](=O)[O-])c2)CCC1. The van der Waals surface area contributed by atoms with Gasteiger partial charge in [0.1, 0.15) is 0 Å². The van der Waals surface area contributed by atoms with Gasteiger partial charge in [-0.2, -0.15) is 0 Å². The van der Waals surface area contributed by atoms with E-state index in [0.717, 1.165) is 19.3 Å². The van der Waals surface area contributed by atoms with Crippen molar-refractivity contribution in [3.63, 3.8) is 0 Å². The Morgan fingerprint density at radius 2 is 2.16 bits per heavy atom. The number of nitro groups is 1. The molecule has 0 spiro atoms. The largest absolute Gasteiger partial charge is 0.350 e. The fourth-order valence-electron chi connectivity index (χ4n) is 1.98. The molecule has 1 amide bonds. The standard InChI is InChI=1S/C12H14BrN3O3/c13-9-4-8(5-10(6-9)16(18)19)11(17)15-7-12(14)2-1-3-12/h4-6H,1-3,7,14H2,(H,15,17). The number of hydrogen-bond acceptors (Lipinski definition) is 4. The minimum atomic E-state index is -0.530. The summed E-state index contributed by atoms with van der Waals surface area (Å²) in [4.78, 5) is 22.2. The average molecular weight is 328 g/mol. The van der Waals surface area contributed by atoms with Gasteiger partial charge in [-0.05, 0) is 25.3 Å². The summed E-state index contributed by atoms with van der Waals surface area (Å²) >= 11 is 3.16. The number of nitrogens with zero attached hydrogens (tertiary/aromatic N) is 1. The van der Waals surface area contributed by atoms with Gasteiger partial charge in [0.2, 0.25) is 0 Å². The molecule has 1 aliphatic rings. The Balaban J connectivity index is 2.08. The van der Waals surface area contributed by atoms with Gasteiger partial charge in [-0.25, -0.2) is 0 Å². The number of non-ortho nitro benzene ring substituents is 1. The van der Waals surface area contributed by atoms with E-state index in [-0.39, 0.29) is 22.7 Å². The third-order valence-electron chi connectivity index (χ3n) is 3.31. The van der Waals surface area contributed by atoms with Gasteiger partial charge in [0, 0.05) is 34.3 Å². The number of nitro benzene ring substituents is 1. The maximum absolute atomic E-state index is 11.9. The van der Waals surface area contributed by atoms with Gasteiger partial charge in [-0.1, -0.05) is 15.9 Å². The highest BCUT2D eigenvalue weighted by Gasteiger charge is 2.32. The molecule has 3 N–H and O–H groups in total. The van der Waals surface area contributed by atoms with Gasteiger partial charge in [0.25, 0.3) is 11.6 Å². The van der Waals surface area contributed by atoms with Crippen molar-refractivity contribution in [3.05, 3.63) is 38.3 Å². The van der Waals surface area contributed by atoms with E-state index in [4.69, 9.17) is 5.73 Å². The summed E-state index contributed by atoms with van der Waals surface area (Å²) in [5, 5.41) is 13.5. The minimum Gasteiger partial charge on any atom is -0.350 e. The second-order valence-electron chi connectivity index (χ2n) is 4.85. The first kappa shape index (κ1) is 14.0. The highest BCUT2D eigenvalue weighted by atomic mass is 79.9. The zero-order valence-electron chi connectivity index (χ0n) is 10.2. The minimum absolute atomic E-state index is 0.120. The zero-order valence-corrected chi connectivity index (χ0v) is 11.8. The molecule has 1 aliphatic carbocycles. The molecular weight excluding hydrogens is 314 g/mol. The van der Waals surface area contributed by atoms with Crippen LogP contribution in [0.3, 0.4) is 0 Å². The maximum atomic E-state index is 11.9. The molecule has 1 aromatic carbocycles. The fourth-order valence-corrected chi connectivity index (χ4v) is 2.46. The highest BCUT2D eigenvalue weighted by molar-refractivity contribution is 9.10. The van der Waals surface area contributed by atoms with Crippen molar-refractivity contribution in [1.29, 1.82) is 0 Å². The van der Waals surface area contributed by atoms with Crippen molar-refractivity contribution in [2.24, 2.45) is 5.73 Å². The van der Waals surface area contributed by atoms with Crippen molar-refractivity contribution < 1.29 is 9.72 Å². The molecule has 19 heavy (non-hydrogen) atoms. The van der Waals surface area contributed by atoms with Crippen molar-refractivity contribution >= 4 is 27.5 Å². The number of halogens is 1. The van der Waals surface area contributed by atoms with Crippen LogP contribution in [0, 0.1) is 10.1 Å². The molecule has 7 heteroatoms. The lowest BCUT2D eigenvalue weighted by Gasteiger charge is -2.38. The monoisotopic (exact) mass is 327 g/mol. The molecule has 0 unspecified atom stereocenters. The van der Waals surface area contributed by atoms with Crippen LogP contribution in [0.1, 0.15) is 29.6 Å². The predicted octanol–water partition coefficient (Wildman–Crippen LogP) is 1.97. The van der Waals surface area contributed by atoms with Crippen LogP contribution in [0.2, 0.25) is 0 Å². The number of benzene rings is 1. The molecule has 1 aromatic rings. The van der Waals surface area contributed by atoms with Crippen LogP contribution in [-0.4, -0.2) is 22.9 Å². The van der Waals surface area contributed by atoms with Gasteiger partial charge in [-0.15, -0.1) is 0 Å². The molecule has 2 rings (SSSR count). The lowest BCUT2D eigenvalue weighted by Crippen LogP contribution is -2.54. The number of rotatable bonds is 4. The Hall–Kier alpha value is -1.47. The van der Waals surface area contributed by atoms with Gasteiger partial charge < -0.3 is 11.1 Å².